The number of hydrogen-bond donors (Lipinski definition) is 0. The molecule has 0 spiro atoms. The van der Waals surface area contributed by atoms with Crippen molar-refractivity contribution in [3.63, 3.8) is 0 Å². The molecule has 2 aromatic rings. The topological polar surface area (TPSA) is 30.8 Å². The van der Waals surface area contributed by atoms with Gasteiger partial charge in [0.05, 0.1) is 6.21 Å². The van der Waals surface area contributed by atoms with E-state index in [4.69, 9.17) is 9.57 Å². The van der Waals surface area contributed by atoms with Crippen molar-refractivity contribution in [2.24, 2.45) is 33.7 Å². The minimum atomic E-state index is 0.363. The molecule has 0 N–H and O–H groups in total. The van der Waals surface area contributed by atoms with Crippen LogP contribution in [0, 0.1) is 28.6 Å². The van der Waals surface area contributed by atoms with Crippen molar-refractivity contribution in [3.05, 3.63) is 71.8 Å². The highest BCUT2D eigenvalue weighted by Gasteiger charge is 2.62. The third-order valence-corrected chi connectivity index (χ3v) is 8.48. The zero-order valence-corrected chi connectivity index (χ0v) is 19.6. The van der Waals surface area contributed by atoms with E-state index in [-0.39, 0.29) is 0 Å². The Balaban J connectivity index is 1.19. The van der Waals surface area contributed by atoms with Crippen LogP contribution in [0.2, 0.25) is 0 Å². The molecule has 3 saturated carbocycles. The average molecular weight is 430 g/mol. The Morgan fingerprint density at radius 2 is 1.69 bits per heavy atom. The van der Waals surface area contributed by atoms with Gasteiger partial charge in [-0.2, -0.15) is 0 Å². The number of benzene rings is 2. The molecule has 0 amide bonds. The second-order valence-corrected chi connectivity index (χ2v) is 10.8. The van der Waals surface area contributed by atoms with E-state index in [1.165, 1.54) is 32.1 Å². The van der Waals surface area contributed by atoms with Gasteiger partial charge in [0.25, 0.3) is 0 Å². The van der Waals surface area contributed by atoms with Crippen molar-refractivity contribution in [2.75, 3.05) is 0 Å². The van der Waals surface area contributed by atoms with Gasteiger partial charge in [0.2, 0.25) is 0 Å². The smallest absolute Gasteiger partial charge is 0.142 e. The second kappa shape index (κ2) is 8.42. The molecule has 3 heteroatoms. The molecule has 4 atom stereocenters. The van der Waals surface area contributed by atoms with E-state index in [0.29, 0.717) is 17.4 Å². The lowest BCUT2D eigenvalue weighted by atomic mass is 9.68. The van der Waals surface area contributed by atoms with E-state index in [1.54, 1.807) is 5.57 Å². The Morgan fingerprint density at radius 3 is 2.47 bits per heavy atom. The van der Waals surface area contributed by atoms with Gasteiger partial charge in [-0.15, -0.1) is 0 Å². The lowest BCUT2D eigenvalue weighted by molar-refractivity contribution is 0.132. The number of para-hydroxylation sites is 1. The normalized spacial score (nSPS) is 31.7. The molecule has 0 heterocycles. The zero-order chi connectivity index (χ0) is 22.2. The highest BCUT2D eigenvalue weighted by atomic mass is 16.6. The summed E-state index contributed by atoms with van der Waals surface area (Å²) in [5.74, 6) is 4.09. The van der Waals surface area contributed by atoms with Gasteiger partial charge >= 0.3 is 0 Å². The SMILES string of the molecule is CC1(C)CCC[C@]2(C)C(=C/C=N/OCc3ccc(Oc4ccccc4)cc3)[C@H]3CC[C@@H]2[C@H]31. The molecule has 0 radical (unpaired) electrons. The molecule has 0 saturated heterocycles. The Kier molecular flexibility index (Phi) is 5.61. The van der Waals surface area contributed by atoms with Crippen LogP contribution in [0.5, 0.6) is 11.5 Å². The standard InChI is InChI=1S/C29H35NO2/c1-28(2)17-7-18-29(3)25(24-14-15-26(29)27(24)28)16-19-30-31-20-21-10-12-23(13-11-21)32-22-8-5-4-6-9-22/h4-6,8-13,16,19,24,26-27H,7,14-15,17-18,20H2,1-3H3/b25-16?,30-19+/t24-,26-,27+,29-/m1/s1. The average Bonchev–Trinajstić information content (AvgIpc) is 3.29. The molecule has 3 aliphatic carbocycles. The number of hydrogen-bond acceptors (Lipinski definition) is 3. The first-order valence-electron chi connectivity index (χ1n) is 12.2. The predicted octanol–water partition coefficient (Wildman–Crippen LogP) is 7.78. The van der Waals surface area contributed by atoms with Crippen LogP contribution in [0.25, 0.3) is 0 Å². The van der Waals surface area contributed by atoms with Crippen LogP contribution in [0.3, 0.4) is 0 Å². The Hall–Kier alpha value is -2.55. The maximum Gasteiger partial charge on any atom is 0.142 e. The fourth-order valence-electron chi connectivity index (χ4n) is 7.05. The molecule has 0 aliphatic heterocycles. The van der Waals surface area contributed by atoms with Crippen molar-refractivity contribution in [1.82, 2.24) is 0 Å². The van der Waals surface area contributed by atoms with Crippen molar-refractivity contribution in [3.8, 4) is 11.5 Å². The van der Waals surface area contributed by atoms with Crippen molar-refractivity contribution >= 4 is 6.21 Å². The molecular weight excluding hydrogens is 394 g/mol. The van der Waals surface area contributed by atoms with E-state index < -0.39 is 0 Å². The minimum Gasteiger partial charge on any atom is -0.457 e. The highest BCUT2D eigenvalue weighted by molar-refractivity contribution is 5.72. The summed E-state index contributed by atoms with van der Waals surface area (Å²) in [5.41, 5.74) is 3.54. The van der Waals surface area contributed by atoms with Gasteiger partial charge in [0.15, 0.2) is 0 Å². The molecule has 4 bridgehead atoms. The summed E-state index contributed by atoms with van der Waals surface area (Å²) in [5, 5.41) is 4.28. The quantitative estimate of drug-likeness (QED) is 0.347. The maximum absolute atomic E-state index is 5.85. The fraction of sp³-hybridized carbons (Fsp3) is 0.483. The van der Waals surface area contributed by atoms with E-state index in [9.17, 15) is 0 Å². The van der Waals surface area contributed by atoms with Gasteiger partial charge in [-0.25, -0.2) is 0 Å². The van der Waals surface area contributed by atoms with Crippen LogP contribution in [0.15, 0.2) is 71.4 Å². The molecule has 2 aromatic carbocycles. The fourth-order valence-corrected chi connectivity index (χ4v) is 7.05. The van der Waals surface area contributed by atoms with Gasteiger partial charge in [-0.3, -0.25) is 0 Å². The minimum absolute atomic E-state index is 0.363. The van der Waals surface area contributed by atoms with E-state index in [2.05, 4.69) is 32.0 Å². The van der Waals surface area contributed by atoms with Crippen LogP contribution in [-0.4, -0.2) is 6.21 Å². The number of oxime groups is 1. The molecule has 3 nitrogen and oxygen atoms in total. The zero-order valence-electron chi connectivity index (χ0n) is 19.6. The summed E-state index contributed by atoms with van der Waals surface area (Å²) in [6.07, 6.45) is 11.0. The van der Waals surface area contributed by atoms with Gasteiger partial charge in [-0.05, 0) is 90.2 Å². The summed E-state index contributed by atoms with van der Waals surface area (Å²) in [4.78, 5) is 5.61. The summed E-state index contributed by atoms with van der Waals surface area (Å²) in [6, 6.07) is 17.8. The molecule has 168 valence electrons. The molecule has 3 fully saturated rings. The first kappa shape index (κ1) is 21.3. The lowest BCUT2D eigenvalue weighted by Gasteiger charge is -2.36. The highest BCUT2D eigenvalue weighted by Crippen LogP contribution is 2.70. The number of ether oxygens (including phenoxy) is 1. The Bertz CT molecular complexity index is 992. The second-order valence-electron chi connectivity index (χ2n) is 10.8. The van der Waals surface area contributed by atoms with Gasteiger partial charge in [0.1, 0.15) is 18.1 Å². The summed E-state index contributed by atoms with van der Waals surface area (Å²) in [6.45, 7) is 7.99. The largest absolute Gasteiger partial charge is 0.457 e. The predicted molar refractivity (Wildman–Crippen MR) is 130 cm³/mol. The Morgan fingerprint density at radius 1 is 0.938 bits per heavy atom. The van der Waals surface area contributed by atoms with Crippen LogP contribution < -0.4 is 4.74 Å². The summed E-state index contributed by atoms with van der Waals surface area (Å²) >= 11 is 0. The first-order chi connectivity index (χ1) is 15.5. The van der Waals surface area contributed by atoms with E-state index >= 15 is 0 Å². The van der Waals surface area contributed by atoms with Gasteiger partial charge in [0, 0.05) is 0 Å². The third-order valence-electron chi connectivity index (χ3n) is 8.48. The van der Waals surface area contributed by atoms with Crippen molar-refractivity contribution in [2.45, 2.75) is 59.5 Å². The lowest BCUT2D eigenvalue weighted by Crippen LogP contribution is -2.28. The first-order valence-corrected chi connectivity index (χ1v) is 12.2. The van der Waals surface area contributed by atoms with Gasteiger partial charge in [-0.1, -0.05) is 68.3 Å². The number of rotatable bonds is 6. The van der Waals surface area contributed by atoms with E-state index in [1.807, 2.05) is 60.8 Å². The van der Waals surface area contributed by atoms with Gasteiger partial charge < -0.3 is 9.57 Å². The monoisotopic (exact) mass is 429 g/mol. The molecule has 5 rings (SSSR count). The molecule has 32 heavy (non-hydrogen) atoms. The molecule has 0 unspecified atom stereocenters. The van der Waals surface area contributed by atoms with Crippen molar-refractivity contribution < 1.29 is 9.57 Å². The van der Waals surface area contributed by atoms with Crippen LogP contribution in [0.1, 0.15) is 58.4 Å². The molecular formula is C29H35NO2. The summed E-state index contributed by atoms with van der Waals surface area (Å²) in [7, 11) is 0. The number of allylic oxidation sites excluding steroid dienone is 2. The van der Waals surface area contributed by atoms with Crippen LogP contribution in [-0.2, 0) is 11.4 Å². The third kappa shape index (κ3) is 3.87. The summed E-state index contributed by atoms with van der Waals surface area (Å²) < 4.78 is 5.85. The molecule has 3 aliphatic rings. The Labute approximate surface area is 192 Å². The van der Waals surface area contributed by atoms with Crippen LogP contribution in [0.4, 0.5) is 0 Å². The van der Waals surface area contributed by atoms with Crippen molar-refractivity contribution in [1.29, 1.82) is 0 Å². The van der Waals surface area contributed by atoms with E-state index in [0.717, 1.165) is 34.8 Å². The number of nitrogens with zero attached hydrogens (tertiary/aromatic N) is 1. The maximum atomic E-state index is 5.85. The molecule has 0 aromatic heterocycles. The van der Waals surface area contributed by atoms with Crippen LogP contribution >= 0.6 is 0 Å².